The minimum absolute atomic E-state index is 0.273. The van der Waals surface area contributed by atoms with Crippen molar-refractivity contribution >= 4 is 5.97 Å². The highest BCUT2D eigenvalue weighted by Crippen LogP contribution is 2.16. The third kappa shape index (κ3) is 3.74. The SMILES string of the molecule is [2H]C([2H])([2H])C(C(=O)OCCCC)c1ccccc1. The van der Waals surface area contributed by atoms with E-state index in [0.717, 1.165) is 12.8 Å². The molecule has 0 aliphatic carbocycles. The van der Waals surface area contributed by atoms with Crippen LogP contribution in [0.4, 0.5) is 0 Å². The molecule has 1 unspecified atom stereocenters. The normalized spacial score (nSPS) is 15.9. The lowest BCUT2D eigenvalue weighted by atomic mass is 10.0. The van der Waals surface area contributed by atoms with Crippen LogP contribution in [-0.2, 0) is 9.53 Å². The van der Waals surface area contributed by atoms with Crippen LogP contribution in [0.5, 0.6) is 0 Å². The van der Waals surface area contributed by atoms with Gasteiger partial charge >= 0.3 is 5.97 Å². The Morgan fingerprint density at radius 2 is 2.20 bits per heavy atom. The first kappa shape index (κ1) is 7.91. The van der Waals surface area contributed by atoms with Crippen molar-refractivity contribution in [2.24, 2.45) is 0 Å². The van der Waals surface area contributed by atoms with Gasteiger partial charge in [-0.15, -0.1) is 0 Å². The van der Waals surface area contributed by atoms with E-state index in [1.165, 1.54) is 0 Å². The van der Waals surface area contributed by atoms with Crippen molar-refractivity contribution in [3.63, 3.8) is 0 Å². The molecule has 2 nitrogen and oxygen atoms in total. The molecule has 0 saturated heterocycles. The van der Waals surface area contributed by atoms with Crippen molar-refractivity contribution < 1.29 is 13.6 Å². The maximum absolute atomic E-state index is 11.9. The van der Waals surface area contributed by atoms with Crippen LogP contribution in [0.2, 0.25) is 0 Å². The van der Waals surface area contributed by atoms with Crippen molar-refractivity contribution in [2.45, 2.75) is 32.5 Å². The zero-order valence-electron chi connectivity index (χ0n) is 11.9. The van der Waals surface area contributed by atoms with E-state index < -0.39 is 18.7 Å². The van der Waals surface area contributed by atoms with Crippen molar-refractivity contribution in [1.29, 1.82) is 0 Å². The Kier molecular flexibility index (Phi) is 3.28. The summed E-state index contributed by atoms with van der Waals surface area (Å²) in [5.41, 5.74) is 0.471. The molecule has 0 N–H and O–H groups in total. The molecule has 2 heteroatoms. The van der Waals surface area contributed by atoms with Gasteiger partial charge in [-0.2, -0.15) is 0 Å². The zero-order chi connectivity index (χ0) is 13.6. The fraction of sp³-hybridized carbons (Fsp3) is 0.462. The second-order valence-electron chi connectivity index (χ2n) is 3.36. The van der Waals surface area contributed by atoms with Gasteiger partial charge in [0.15, 0.2) is 0 Å². The number of rotatable bonds is 5. The lowest BCUT2D eigenvalue weighted by Crippen LogP contribution is -2.13. The van der Waals surface area contributed by atoms with E-state index in [1.54, 1.807) is 30.3 Å². The van der Waals surface area contributed by atoms with Crippen LogP contribution in [0.25, 0.3) is 0 Å². The van der Waals surface area contributed by atoms with Gasteiger partial charge in [0.05, 0.1) is 12.5 Å². The summed E-state index contributed by atoms with van der Waals surface area (Å²) < 4.78 is 27.4. The van der Waals surface area contributed by atoms with Crippen LogP contribution in [0.1, 0.15) is 42.2 Å². The van der Waals surface area contributed by atoms with Crippen molar-refractivity contribution in [3.8, 4) is 0 Å². The second-order valence-corrected chi connectivity index (χ2v) is 3.36. The van der Waals surface area contributed by atoms with Crippen LogP contribution in [0, 0.1) is 0 Å². The van der Waals surface area contributed by atoms with Gasteiger partial charge in [-0.3, -0.25) is 4.79 Å². The predicted molar refractivity (Wildman–Crippen MR) is 60.7 cm³/mol. The molecule has 0 heterocycles. The molecule has 0 saturated carbocycles. The number of carbonyl (C=O) groups is 1. The van der Waals surface area contributed by atoms with Crippen LogP contribution >= 0.6 is 0 Å². The summed E-state index contributed by atoms with van der Waals surface area (Å²) >= 11 is 0. The molecule has 15 heavy (non-hydrogen) atoms. The summed E-state index contributed by atoms with van der Waals surface area (Å²) in [6.07, 6.45) is 1.64. The standard InChI is InChI=1S/C13H18O2/c1-3-4-10-15-13(14)11(2)12-8-6-5-7-9-12/h5-9,11H,3-4,10H2,1-2H3/i2D3. The number of ether oxygens (including phenoxy) is 1. The first-order chi connectivity index (χ1) is 8.46. The Balaban J connectivity index is 2.83. The zero-order valence-corrected chi connectivity index (χ0v) is 8.90. The number of esters is 1. The highest BCUT2D eigenvalue weighted by Gasteiger charge is 2.15. The number of carbonyl (C=O) groups excluding carboxylic acids is 1. The van der Waals surface area contributed by atoms with Gasteiger partial charge < -0.3 is 4.74 Å². The average Bonchev–Trinajstić information content (AvgIpc) is 2.29. The molecule has 1 aromatic carbocycles. The minimum Gasteiger partial charge on any atom is -0.465 e. The first-order valence-electron chi connectivity index (χ1n) is 6.68. The largest absolute Gasteiger partial charge is 0.465 e. The first-order valence-corrected chi connectivity index (χ1v) is 5.18. The van der Waals surface area contributed by atoms with E-state index in [-0.39, 0.29) is 6.61 Å². The summed E-state index contributed by atoms with van der Waals surface area (Å²) in [5.74, 6) is -1.87. The molecule has 0 bridgehead atoms. The fourth-order valence-corrected chi connectivity index (χ4v) is 1.18. The second kappa shape index (κ2) is 6.23. The molecule has 1 atom stereocenters. The summed E-state index contributed by atoms with van der Waals surface area (Å²) in [6.45, 7) is -0.133. The maximum Gasteiger partial charge on any atom is 0.313 e. The Morgan fingerprint density at radius 1 is 1.47 bits per heavy atom. The van der Waals surface area contributed by atoms with Gasteiger partial charge in [0.25, 0.3) is 0 Å². The van der Waals surface area contributed by atoms with Gasteiger partial charge in [0.2, 0.25) is 0 Å². The molecule has 0 aliphatic heterocycles. The predicted octanol–water partition coefficient (Wildman–Crippen LogP) is 3.13. The number of unbranched alkanes of at least 4 members (excludes halogenated alkanes) is 1. The van der Waals surface area contributed by atoms with Gasteiger partial charge in [-0.25, -0.2) is 0 Å². The van der Waals surface area contributed by atoms with Crippen LogP contribution < -0.4 is 0 Å². The van der Waals surface area contributed by atoms with E-state index in [9.17, 15) is 4.79 Å². The fourth-order valence-electron chi connectivity index (χ4n) is 1.18. The Morgan fingerprint density at radius 3 is 2.80 bits per heavy atom. The summed E-state index contributed by atoms with van der Waals surface area (Å²) in [5, 5.41) is 0. The molecule has 82 valence electrons. The van der Waals surface area contributed by atoms with Crippen molar-refractivity contribution in [2.75, 3.05) is 6.61 Å². The quantitative estimate of drug-likeness (QED) is 0.550. The third-order valence-electron chi connectivity index (χ3n) is 2.11. The number of hydrogen-bond acceptors (Lipinski definition) is 2. The molecule has 1 aromatic rings. The number of benzene rings is 1. The van der Waals surface area contributed by atoms with E-state index in [2.05, 4.69) is 0 Å². The molecule has 0 fully saturated rings. The third-order valence-corrected chi connectivity index (χ3v) is 2.11. The van der Waals surface area contributed by atoms with Crippen LogP contribution in [0.15, 0.2) is 30.3 Å². The highest BCUT2D eigenvalue weighted by atomic mass is 16.5. The lowest BCUT2D eigenvalue weighted by molar-refractivity contribution is -0.145. The van der Waals surface area contributed by atoms with Crippen molar-refractivity contribution in [1.82, 2.24) is 0 Å². The van der Waals surface area contributed by atoms with Gasteiger partial charge in [-0.05, 0) is 18.8 Å². The lowest BCUT2D eigenvalue weighted by Gasteiger charge is -2.11. The molecule has 0 aromatic heterocycles. The van der Waals surface area contributed by atoms with Gasteiger partial charge in [0.1, 0.15) is 0 Å². The highest BCUT2D eigenvalue weighted by molar-refractivity contribution is 5.77. The molecule has 0 aliphatic rings. The van der Waals surface area contributed by atoms with Crippen molar-refractivity contribution in [3.05, 3.63) is 35.9 Å². The monoisotopic (exact) mass is 209 g/mol. The Hall–Kier alpha value is -1.31. The average molecular weight is 209 g/mol. The number of hydrogen-bond donors (Lipinski definition) is 0. The van der Waals surface area contributed by atoms with E-state index in [1.807, 2.05) is 6.92 Å². The van der Waals surface area contributed by atoms with E-state index in [4.69, 9.17) is 8.85 Å². The van der Waals surface area contributed by atoms with E-state index in [0.29, 0.717) is 5.56 Å². The van der Waals surface area contributed by atoms with Crippen LogP contribution in [-0.4, -0.2) is 12.6 Å². The molecule has 0 amide bonds. The Bertz CT molecular complexity index is 374. The minimum atomic E-state index is -2.38. The summed E-state index contributed by atoms with van der Waals surface area (Å²) in [6, 6.07) is 8.49. The van der Waals surface area contributed by atoms with E-state index >= 15 is 0 Å². The maximum atomic E-state index is 11.9. The Labute approximate surface area is 95.5 Å². The van der Waals surface area contributed by atoms with Gasteiger partial charge in [0, 0.05) is 4.11 Å². The molecular weight excluding hydrogens is 188 g/mol. The molecule has 1 rings (SSSR count). The van der Waals surface area contributed by atoms with Gasteiger partial charge in [-0.1, -0.05) is 43.7 Å². The summed E-state index contributed by atoms with van der Waals surface area (Å²) in [7, 11) is 0. The molecular formula is C13H18O2. The summed E-state index contributed by atoms with van der Waals surface area (Å²) in [4.78, 5) is 11.9. The smallest absolute Gasteiger partial charge is 0.313 e. The molecule has 0 spiro atoms. The van der Waals surface area contributed by atoms with Crippen LogP contribution in [0.3, 0.4) is 0 Å². The molecule has 0 radical (unpaired) electrons. The topological polar surface area (TPSA) is 26.3 Å².